The second kappa shape index (κ2) is 7.55. The van der Waals surface area contributed by atoms with Crippen molar-refractivity contribution in [3.05, 3.63) is 22.7 Å². The third-order valence-electron chi connectivity index (χ3n) is 2.23. The molecule has 0 radical (unpaired) electrons. The third kappa shape index (κ3) is 7.23. The largest absolute Gasteiger partial charge is 0.573 e. The topological polar surface area (TPSA) is 55.4 Å². The molecule has 0 heterocycles. The Morgan fingerprint density at radius 3 is 2.52 bits per heavy atom. The molecular formula is C11H12BrClF3NO3S. The van der Waals surface area contributed by atoms with Crippen LogP contribution in [-0.2, 0) is 10.0 Å². The van der Waals surface area contributed by atoms with Crippen LogP contribution in [0.15, 0.2) is 22.7 Å². The number of sulfonamides is 1. The second-order valence-corrected chi connectivity index (χ2v) is 7.14. The van der Waals surface area contributed by atoms with Gasteiger partial charge in [0.25, 0.3) is 0 Å². The van der Waals surface area contributed by atoms with E-state index in [4.69, 9.17) is 11.6 Å². The summed E-state index contributed by atoms with van der Waals surface area (Å²) >= 11 is 8.44. The first-order valence-corrected chi connectivity index (χ1v) is 8.73. The van der Waals surface area contributed by atoms with Crippen LogP contribution in [0.1, 0.15) is 12.8 Å². The molecule has 0 aliphatic rings. The molecule has 1 rings (SSSR count). The minimum atomic E-state index is -4.92. The summed E-state index contributed by atoms with van der Waals surface area (Å²) in [6, 6.07) is 3.62. The predicted molar refractivity (Wildman–Crippen MR) is 78.2 cm³/mol. The first-order valence-electron chi connectivity index (χ1n) is 5.75. The molecule has 0 unspecified atom stereocenters. The summed E-state index contributed by atoms with van der Waals surface area (Å²) in [5, 5.41) is 0. The molecule has 1 aromatic rings. The van der Waals surface area contributed by atoms with E-state index in [0.29, 0.717) is 23.2 Å². The van der Waals surface area contributed by atoms with E-state index in [9.17, 15) is 21.6 Å². The van der Waals surface area contributed by atoms with E-state index in [1.165, 1.54) is 12.1 Å². The van der Waals surface area contributed by atoms with Crippen molar-refractivity contribution in [2.45, 2.75) is 19.2 Å². The Hall–Kier alpha value is -0.670. The van der Waals surface area contributed by atoms with Crippen LogP contribution < -0.4 is 9.46 Å². The number of halogens is 5. The van der Waals surface area contributed by atoms with Gasteiger partial charge < -0.3 is 4.74 Å². The van der Waals surface area contributed by atoms with Crippen molar-refractivity contribution in [2.24, 2.45) is 0 Å². The highest BCUT2D eigenvalue weighted by atomic mass is 79.9. The lowest BCUT2D eigenvalue weighted by atomic mass is 10.3. The number of benzene rings is 1. The maximum absolute atomic E-state index is 12.3. The molecular weight excluding hydrogens is 399 g/mol. The summed E-state index contributed by atoms with van der Waals surface area (Å²) < 4.78 is 66.7. The van der Waals surface area contributed by atoms with Crippen LogP contribution in [0.4, 0.5) is 18.9 Å². The molecule has 21 heavy (non-hydrogen) atoms. The van der Waals surface area contributed by atoms with Crippen molar-refractivity contribution in [2.75, 3.05) is 16.4 Å². The van der Waals surface area contributed by atoms with Gasteiger partial charge >= 0.3 is 6.36 Å². The molecule has 1 N–H and O–H groups in total. The van der Waals surface area contributed by atoms with Gasteiger partial charge in [-0.3, -0.25) is 4.72 Å². The zero-order valence-electron chi connectivity index (χ0n) is 10.6. The van der Waals surface area contributed by atoms with Crippen LogP contribution in [0.5, 0.6) is 5.75 Å². The molecule has 1 aromatic carbocycles. The number of hydrogen-bond donors (Lipinski definition) is 1. The van der Waals surface area contributed by atoms with Crippen LogP contribution in [0.3, 0.4) is 0 Å². The van der Waals surface area contributed by atoms with Crippen molar-refractivity contribution in [1.82, 2.24) is 0 Å². The van der Waals surface area contributed by atoms with E-state index < -0.39 is 22.1 Å². The lowest BCUT2D eigenvalue weighted by Crippen LogP contribution is -2.21. The maximum Gasteiger partial charge on any atom is 0.573 e. The van der Waals surface area contributed by atoms with Gasteiger partial charge in [-0.1, -0.05) is 15.9 Å². The van der Waals surface area contributed by atoms with E-state index in [1.807, 2.05) is 0 Å². The Kier molecular flexibility index (Phi) is 6.61. The Morgan fingerprint density at radius 2 is 1.95 bits per heavy atom. The van der Waals surface area contributed by atoms with Crippen molar-refractivity contribution in [1.29, 1.82) is 0 Å². The fraction of sp³-hybridized carbons (Fsp3) is 0.455. The standard InChI is InChI=1S/C11H12BrClF3NO3S/c12-8-3-4-9(10(7-8)20-11(14,15)16)17-21(18,19)6-2-1-5-13/h3-4,7,17H,1-2,5-6H2. The zero-order valence-corrected chi connectivity index (χ0v) is 13.7. The summed E-state index contributed by atoms with van der Waals surface area (Å²) in [4.78, 5) is 0. The number of rotatable bonds is 7. The quantitative estimate of drug-likeness (QED) is 0.544. The van der Waals surface area contributed by atoms with E-state index in [-0.39, 0.29) is 11.4 Å². The van der Waals surface area contributed by atoms with E-state index in [0.717, 1.165) is 6.07 Å². The summed E-state index contributed by atoms with van der Waals surface area (Å²) in [6.45, 7) is 0. The van der Waals surface area contributed by atoms with Gasteiger partial charge in [0.1, 0.15) is 0 Å². The zero-order chi connectivity index (χ0) is 16.1. The van der Waals surface area contributed by atoms with Gasteiger partial charge in [-0.05, 0) is 31.0 Å². The summed E-state index contributed by atoms with van der Waals surface area (Å²) in [5.74, 6) is -0.546. The molecule has 0 spiro atoms. The van der Waals surface area contributed by atoms with E-state index in [2.05, 4.69) is 25.4 Å². The SMILES string of the molecule is O=S(=O)(CCCCCl)Nc1ccc(Br)cc1OC(F)(F)F. The molecule has 0 bridgehead atoms. The molecule has 0 saturated heterocycles. The maximum atomic E-state index is 12.3. The highest BCUT2D eigenvalue weighted by molar-refractivity contribution is 9.10. The van der Waals surface area contributed by atoms with Crippen molar-refractivity contribution in [3.8, 4) is 5.75 Å². The molecule has 4 nitrogen and oxygen atoms in total. The van der Waals surface area contributed by atoms with Gasteiger partial charge in [-0.15, -0.1) is 24.8 Å². The Labute approximate surface area is 133 Å². The van der Waals surface area contributed by atoms with Gasteiger partial charge in [0.05, 0.1) is 11.4 Å². The second-order valence-electron chi connectivity index (χ2n) is 4.01. The van der Waals surface area contributed by atoms with Crippen molar-refractivity contribution >= 4 is 43.2 Å². The van der Waals surface area contributed by atoms with Crippen molar-refractivity contribution in [3.63, 3.8) is 0 Å². The summed E-state index contributed by atoms with van der Waals surface area (Å²) in [6.07, 6.45) is -4.11. The van der Waals surface area contributed by atoms with Gasteiger partial charge in [0.2, 0.25) is 10.0 Å². The number of anilines is 1. The fourth-order valence-corrected chi connectivity index (χ4v) is 3.11. The number of hydrogen-bond acceptors (Lipinski definition) is 3. The van der Waals surface area contributed by atoms with Crippen LogP contribution in [0.2, 0.25) is 0 Å². The predicted octanol–water partition coefficient (Wildman–Crippen LogP) is 4.11. The monoisotopic (exact) mass is 409 g/mol. The molecule has 0 aliphatic heterocycles. The van der Waals surface area contributed by atoms with Crippen LogP contribution in [0, 0.1) is 0 Å². The lowest BCUT2D eigenvalue weighted by molar-refractivity contribution is -0.274. The Balaban J connectivity index is 2.92. The summed E-state index contributed by atoms with van der Waals surface area (Å²) in [7, 11) is -3.77. The number of ether oxygens (including phenoxy) is 1. The average molecular weight is 411 g/mol. The highest BCUT2D eigenvalue weighted by Crippen LogP contribution is 2.33. The van der Waals surface area contributed by atoms with Crippen molar-refractivity contribution < 1.29 is 26.3 Å². The van der Waals surface area contributed by atoms with Gasteiger partial charge in [-0.25, -0.2) is 8.42 Å². The van der Waals surface area contributed by atoms with Gasteiger partial charge in [0.15, 0.2) is 5.75 Å². The molecule has 0 fully saturated rings. The minimum absolute atomic E-state index is 0.235. The van der Waals surface area contributed by atoms with E-state index in [1.54, 1.807) is 0 Å². The fourth-order valence-electron chi connectivity index (χ4n) is 1.39. The number of nitrogens with one attached hydrogen (secondary N) is 1. The van der Waals surface area contributed by atoms with Gasteiger partial charge in [-0.2, -0.15) is 0 Å². The smallest absolute Gasteiger partial charge is 0.403 e. The van der Waals surface area contributed by atoms with Crippen LogP contribution >= 0.6 is 27.5 Å². The number of unbranched alkanes of at least 4 members (excludes halogenated alkanes) is 1. The molecule has 0 amide bonds. The first-order chi connectivity index (χ1) is 9.63. The normalized spacial score (nSPS) is 12.2. The minimum Gasteiger partial charge on any atom is -0.403 e. The molecule has 0 saturated carbocycles. The third-order valence-corrected chi connectivity index (χ3v) is 4.35. The average Bonchev–Trinajstić information content (AvgIpc) is 2.31. The molecule has 0 atom stereocenters. The Bertz CT molecular complexity index is 581. The molecule has 0 aliphatic carbocycles. The Morgan fingerprint density at radius 1 is 1.29 bits per heavy atom. The number of alkyl halides is 4. The highest BCUT2D eigenvalue weighted by Gasteiger charge is 2.32. The summed E-state index contributed by atoms with van der Waals surface area (Å²) in [5.41, 5.74) is -0.276. The van der Waals surface area contributed by atoms with Crippen LogP contribution in [-0.4, -0.2) is 26.4 Å². The van der Waals surface area contributed by atoms with E-state index >= 15 is 0 Å². The van der Waals surface area contributed by atoms with Gasteiger partial charge in [0, 0.05) is 10.4 Å². The molecule has 0 aromatic heterocycles. The van der Waals surface area contributed by atoms with Crippen LogP contribution in [0.25, 0.3) is 0 Å². The lowest BCUT2D eigenvalue weighted by Gasteiger charge is -2.15. The first kappa shape index (κ1) is 18.4. The molecule has 10 heteroatoms. The molecule has 120 valence electrons.